The number of imide groups is 1. The van der Waals surface area contributed by atoms with Gasteiger partial charge in [-0.1, -0.05) is 13.8 Å². The molecule has 0 saturated carbocycles. The van der Waals surface area contributed by atoms with E-state index in [1.807, 2.05) is 17.4 Å². The van der Waals surface area contributed by atoms with Gasteiger partial charge < -0.3 is 10.5 Å². The molecule has 1 atom stereocenters. The summed E-state index contributed by atoms with van der Waals surface area (Å²) in [6.07, 6.45) is 1.73. The summed E-state index contributed by atoms with van der Waals surface area (Å²) >= 11 is 4.76. The SMILES string of the molecule is CC(C)[C@H](OC(=O)/C=C/c1ccc(Br)s1)C(=O)NC(N)=O. The normalized spacial score (nSPS) is 12.4. The van der Waals surface area contributed by atoms with Crippen molar-refractivity contribution in [3.63, 3.8) is 0 Å². The number of amides is 3. The smallest absolute Gasteiger partial charge is 0.331 e. The Kier molecular flexibility index (Phi) is 6.57. The average Bonchev–Trinajstić information content (AvgIpc) is 2.78. The molecule has 0 aliphatic heterocycles. The summed E-state index contributed by atoms with van der Waals surface area (Å²) in [5.74, 6) is -1.70. The minimum atomic E-state index is -1.08. The number of ether oxygens (including phenoxy) is 1. The van der Waals surface area contributed by atoms with E-state index in [2.05, 4.69) is 15.9 Å². The van der Waals surface area contributed by atoms with Crippen molar-refractivity contribution in [2.75, 3.05) is 0 Å². The average molecular weight is 375 g/mol. The molecule has 1 aromatic rings. The Labute approximate surface area is 134 Å². The lowest BCUT2D eigenvalue weighted by Gasteiger charge is -2.18. The Morgan fingerprint density at radius 3 is 2.52 bits per heavy atom. The summed E-state index contributed by atoms with van der Waals surface area (Å²) in [5.41, 5.74) is 4.87. The fourth-order valence-corrected chi connectivity index (χ4v) is 2.74. The summed E-state index contributed by atoms with van der Waals surface area (Å²) < 4.78 is 5.99. The van der Waals surface area contributed by atoms with Gasteiger partial charge in [-0.25, -0.2) is 9.59 Å². The van der Waals surface area contributed by atoms with Crippen molar-refractivity contribution in [1.29, 1.82) is 0 Å². The molecule has 1 aromatic heterocycles. The van der Waals surface area contributed by atoms with Crippen molar-refractivity contribution in [1.82, 2.24) is 5.32 Å². The Morgan fingerprint density at radius 2 is 2.05 bits per heavy atom. The van der Waals surface area contributed by atoms with Crippen molar-refractivity contribution in [3.05, 3.63) is 26.9 Å². The molecule has 0 fully saturated rings. The van der Waals surface area contributed by atoms with E-state index in [-0.39, 0.29) is 5.92 Å². The van der Waals surface area contributed by atoms with Gasteiger partial charge in [-0.15, -0.1) is 11.3 Å². The van der Waals surface area contributed by atoms with Crippen LogP contribution in [0.2, 0.25) is 0 Å². The van der Waals surface area contributed by atoms with E-state index in [0.29, 0.717) is 0 Å². The van der Waals surface area contributed by atoms with Crippen LogP contribution in [-0.2, 0) is 14.3 Å². The first kappa shape index (κ1) is 17.4. The highest BCUT2D eigenvalue weighted by molar-refractivity contribution is 9.11. The van der Waals surface area contributed by atoms with Crippen LogP contribution >= 0.6 is 27.3 Å². The number of esters is 1. The first-order chi connectivity index (χ1) is 9.79. The molecule has 0 bridgehead atoms. The number of carbonyl (C=O) groups excluding carboxylic acids is 3. The third-order valence-electron chi connectivity index (χ3n) is 2.33. The lowest BCUT2D eigenvalue weighted by molar-refractivity contribution is -0.153. The number of hydrogen-bond donors (Lipinski definition) is 2. The zero-order valence-electron chi connectivity index (χ0n) is 11.5. The fourth-order valence-electron chi connectivity index (χ4n) is 1.42. The molecule has 114 valence electrons. The largest absolute Gasteiger partial charge is 0.449 e. The number of nitrogens with two attached hydrogens (primary N) is 1. The van der Waals surface area contributed by atoms with Gasteiger partial charge in [0.25, 0.3) is 5.91 Å². The Bertz CT molecular complexity index is 568. The summed E-state index contributed by atoms with van der Waals surface area (Å²) in [4.78, 5) is 34.9. The van der Waals surface area contributed by atoms with Gasteiger partial charge in [0.15, 0.2) is 6.10 Å². The van der Waals surface area contributed by atoms with E-state index in [4.69, 9.17) is 10.5 Å². The quantitative estimate of drug-likeness (QED) is 0.609. The molecule has 21 heavy (non-hydrogen) atoms. The van der Waals surface area contributed by atoms with E-state index < -0.39 is 24.0 Å². The van der Waals surface area contributed by atoms with Crippen molar-refractivity contribution in [2.24, 2.45) is 11.7 Å². The maximum atomic E-state index is 11.7. The molecule has 0 saturated heterocycles. The van der Waals surface area contributed by atoms with Gasteiger partial charge in [0.05, 0.1) is 3.79 Å². The highest BCUT2D eigenvalue weighted by Gasteiger charge is 2.26. The summed E-state index contributed by atoms with van der Waals surface area (Å²) in [5, 5.41) is 1.90. The molecule has 0 spiro atoms. The summed E-state index contributed by atoms with van der Waals surface area (Å²) in [7, 11) is 0. The second kappa shape index (κ2) is 7.94. The third kappa shape index (κ3) is 6.09. The van der Waals surface area contributed by atoms with Crippen molar-refractivity contribution < 1.29 is 19.1 Å². The predicted octanol–water partition coefficient (Wildman–Crippen LogP) is 2.29. The topological polar surface area (TPSA) is 98.5 Å². The van der Waals surface area contributed by atoms with Crippen LogP contribution in [-0.4, -0.2) is 24.0 Å². The molecule has 0 radical (unpaired) electrons. The second-order valence-electron chi connectivity index (χ2n) is 4.43. The van der Waals surface area contributed by atoms with Gasteiger partial charge in [0, 0.05) is 11.0 Å². The molecular weight excluding hydrogens is 360 g/mol. The first-order valence-corrected chi connectivity index (χ1v) is 7.65. The van der Waals surface area contributed by atoms with Crippen LogP contribution in [0.3, 0.4) is 0 Å². The number of halogens is 1. The van der Waals surface area contributed by atoms with Crippen LogP contribution in [0.25, 0.3) is 6.08 Å². The fraction of sp³-hybridized carbons (Fsp3) is 0.308. The maximum absolute atomic E-state index is 11.7. The van der Waals surface area contributed by atoms with Gasteiger partial charge in [-0.3, -0.25) is 10.1 Å². The van der Waals surface area contributed by atoms with Crippen LogP contribution < -0.4 is 11.1 Å². The minimum absolute atomic E-state index is 0.294. The molecule has 0 aromatic carbocycles. The number of nitrogens with one attached hydrogen (secondary N) is 1. The van der Waals surface area contributed by atoms with Gasteiger partial charge in [0.1, 0.15) is 0 Å². The van der Waals surface area contributed by atoms with Gasteiger partial charge in [0.2, 0.25) is 0 Å². The Balaban J connectivity index is 2.66. The first-order valence-electron chi connectivity index (χ1n) is 6.04. The zero-order valence-corrected chi connectivity index (χ0v) is 13.9. The van der Waals surface area contributed by atoms with E-state index >= 15 is 0 Å². The van der Waals surface area contributed by atoms with E-state index in [9.17, 15) is 14.4 Å². The molecule has 1 rings (SSSR count). The van der Waals surface area contributed by atoms with Crippen LogP contribution in [0.1, 0.15) is 18.7 Å². The molecule has 0 aliphatic carbocycles. The van der Waals surface area contributed by atoms with Gasteiger partial charge in [-0.2, -0.15) is 0 Å². The van der Waals surface area contributed by atoms with Gasteiger partial charge >= 0.3 is 12.0 Å². The molecule has 0 unspecified atom stereocenters. The van der Waals surface area contributed by atoms with Crippen molar-refractivity contribution in [3.8, 4) is 0 Å². The van der Waals surface area contributed by atoms with E-state index in [0.717, 1.165) is 8.66 Å². The molecule has 3 amide bonds. The van der Waals surface area contributed by atoms with Crippen LogP contribution in [0.15, 0.2) is 22.0 Å². The van der Waals surface area contributed by atoms with E-state index in [1.54, 1.807) is 19.9 Å². The summed E-state index contributed by atoms with van der Waals surface area (Å²) in [6.45, 7) is 3.39. The van der Waals surface area contributed by atoms with Crippen molar-refractivity contribution in [2.45, 2.75) is 20.0 Å². The highest BCUT2D eigenvalue weighted by Crippen LogP contribution is 2.23. The molecular formula is C13H15BrN2O4S. The lowest BCUT2D eigenvalue weighted by Crippen LogP contribution is -2.45. The number of urea groups is 1. The number of thiophene rings is 1. The number of primary amides is 1. The third-order valence-corrected chi connectivity index (χ3v) is 3.92. The lowest BCUT2D eigenvalue weighted by atomic mass is 10.1. The second-order valence-corrected chi connectivity index (χ2v) is 6.92. The Hall–Kier alpha value is -1.67. The summed E-state index contributed by atoms with van der Waals surface area (Å²) in [6, 6.07) is 2.70. The van der Waals surface area contributed by atoms with E-state index in [1.165, 1.54) is 17.4 Å². The molecule has 8 heteroatoms. The monoisotopic (exact) mass is 374 g/mol. The van der Waals surface area contributed by atoms with Crippen LogP contribution in [0.5, 0.6) is 0 Å². The molecule has 6 nitrogen and oxygen atoms in total. The minimum Gasteiger partial charge on any atom is -0.449 e. The Morgan fingerprint density at radius 1 is 1.38 bits per heavy atom. The zero-order chi connectivity index (χ0) is 16.0. The molecule has 3 N–H and O–H groups in total. The van der Waals surface area contributed by atoms with Crippen LogP contribution in [0.4, 0.5) is 4.79 Å². The molecule has 0 aliphatic rings. The number of rotatable bonds is 5. The van der Waals surface area contributed by atoms with Gasteiger partial charge in [-0.05, 0) is 40.1 Å². The van der Waals surface area contributed by atoms with Crippen LogP contribution in [0, 0.1) is 5.92 Å². The predicted molar refractivity (Wildman–Crippen MR) is 83.5 cm³/mol. The highest BCUT2D eigenvalue weighted by atomic mass is 79.9. The number of carbonyl (C=O) groups is 3. The standard InChI is InChI=1S/C13H15BrN2O4S/c1-7(2)11(12(18)16-13(15)19)20-10(17)6-4-8-3-5-9(14)21-8/h3-7,11H,1-2H3,(H3,15,16,18,19)/b6-4+/t11-/m0/s1. The maximum Gasteiger partial charge on any atom is 0.331 e. The van der Waals surface area contributed by atoms with Crippen molar-refractivity contribution >= 4 is 51.3 Å². The number of hydrogen-bond acceptors (Lipinski definition) is 5. The molecule has 1 heterocycles.